The van der Waals surface area contributed by atoms with E-state index in [1.54, 1.807) is 0 Å². The van der Waals surface area contributed by atoms with E-state index >= 15 is 0 Å². The second kappa shape index (κ2) is 7.51. The third-order valence-electron chi connectivity index (χ3n) is 3.43. The van der Waals surface area contributed by atoms with Crippen molar-refractivity contribution in [1.29, 1.82) is 5.26 Å². The van der Waals surface area contributed by atoms with Crippen LogP contribution >= 0.6 is 0 Å². The van der Waals surface area contributed by atoms with Crippen molar-refractivity contribution >= 4 is 0 Å². The molecule has 1 heterocycles. The van der Waals surface area contributed by atoms with E-state index in [0.717, 1.165) is 24.3 Å². The highest BCUT2D eigenvalue weighted by molar-refractivity contribution is 5.65. The normalized spacial score (nSPS) is 11.1. The van der Waals surface area contributed by atoms with Gasteiger partial charge in [0, 0.05) is 11.6 Å². The maximum atomic E-state index is 13.9. The van der Waals surface area contributed by atoms with Gasteiger partial charge in [0.2, 0.25) is 0 Å². The number of nitrogens with zero attached hydrogens (tertiary/aromatic N) is 3. The molecule has 0 fully saturated rings. The van der Waals surface area contributed by atoms with E-state index in [-0.39, 0.29) is 34.9 Å². The zero-order valence-electron chi connectivity index (χ0n) is 13.7. The minimum Gasteiger partial charge on any atom is -0.489 e. The Morgan fingerprint density at radius 3 is 2.57 bits per heavy atom. The SMILES string of the molecule is N#Cc1[nH]nnc1-c1cc(F)cc(OCc2ccc(OC(F)(F)F)c(F)c2)c1. The van der Waals surface area contributed by atoms with Gasteiger partial charge in [0.1, 0.15) is 29.9 Å². The van der Waals surface area contributed by atoms with Crippen molar-refractivity contribution in [2.75, 3.05) is 0 Å². The number of nitrogens with one attached hydrogen (secondary N) is 1. The first-order valence-electron chi connectivity index (χ1n) is 7.54. The zero-order chi connectivity index (χ0) is 20.3. The van der Waals surface area contributed by atoms with Crippen LogP contribution in [0.3, 0.4) is 0 Å². The fourth-order valence-electron chi connectivity index (χ4n) is 2.30. The van der Waals surface area contributed by atoms with Crippen LogP contribution in [-0.2, 0) is 6.61 Å². The lowest BCUT2D eigenvalue weighted by Crippen LogP contribution is -2.18. The molecule has 0 saturated heterocycles. The number of hydrogen-bond acceptors (Lipinski definition) is 5. The lowest BCUT2D eigenvalue weighted by Gasteiger charge is -2.11. The van der Waals surface area contributed by atoms with Gasteiger partial charge >= 0.3 is 6.36 Å². The molecule has 28 heavy (non-hydrogen) atoms. The second-order valence-corrected chi connectivity index (χ2v) is 5.42. The smallest absolute Gasteiger partial charge is 0.489 e. The van der Waals surface area contributed by atoms with Crippen LogP contribution in [0.15, 0.2) is 36.4 Å². The number of nitriles is 1. The Hall–Kier alpha value is -3.68. The second-order valence-electron chi connectivity index (χ2n) is 5.42. The summed E-state index contributed by atoms with van der Waals surface area (Å²) in [6.45, 7) is -0.254. The molecule has 0 bridgehead atoms. The average molecular weight is 396 g/mol. The predicted molar refractivity (Wildman–Crippen MR) is 83.9 cm³/mol. The fourth-order valence-corrected chi connectivity index (χ4v) is 2.30. The molecular formula is C17H9F5N4O2. The Morgan fingerprint density at radius 1 is 1.11 bits per heavy atom. The van der Waals surface area contributed by atoms with E-state index in [4.69, 9.17) is 10.00 Å². The molecule has 2 aromatic carbocycles. The Kier molecular flexibility index (Phi) is 5.12. The van der Waals surface area contributed by atoms with Gasteiger partial charge in [-0.25, -0.2) is 13.9 Å². The highest BCUT2D eigenvalue weighted by Crippen LogP contribution is 2.28. The summed E-state index contributed by atoms with van der Waals surface area (Å²) >= 11 is 0. The summed E-state index contributed by atoms with van der Waals surface area (Å²) in [6.07, 6.45) is -5.01. The molecule has 0 aliphatic carbocycles. The molecular weight excluding hydrogens is 387 g/mol. The van der Waals surface area contributed by atoms with E-state index in [0.29, 0.717) is 0 Å². The quantitative estimate of drug-likeness (QED) is 0.657. The maximum Gasteiger partial charge on any atom is 0.573 e. The van der Waals surface area contributed by atoms with Crippen LogP contribution < -0.4 is 9.47 Å². The predicted octanol–water partition coefficient (Wildman–Crippen LogP) is 4.10. The van der Waals surface area contributed by atoms with Crippen molar-refractivity contribution in [2.45, 2.75) is 13.0 Å². The van der Waals surface area contributed by atoms with Gasteiger partial charge in [-0.05, 0) is 29.8 Å². The number of ether oxygens (including phenoxy) is 2. The number of aromatic amines is 1. The van der Waals surface area contributed by atoms with Gasteiger partial charge in [-0.1, -0.05) is 11.3 Å². The number of alkyl halides is 3. The fraction of sp³-hybridized carbons (Fsp3) is 0.118. The minimum absolute atomic E-state index is 0.0267. The van der Waals surface area contributed by atoms with Crippen LogP contribution in [0.2, 0.25) is 0 Å². The molecule has 1 aromatic heterocycles. The summed E-state index contributed by atoms with van der Waals surface area (Å²) in [5.41, 5.74) is 0.558. The summed E-state index contributed by atoms with van der Waals surface area (Å²) in [6, 6.07) is 8.18. The number of halogens is 5. The highest BCUT2D eigenvalue weighted by atomic mass is 19.4. The molecule has 0 radical (unpaired) electrons. The van der Waals surface area contributed by atoms with Gasteiger partial charge in [-0.2, -0.15) is 5.26 Å². The van der Waals surface area contributed by atoms with E-state index < -0.39 is 23.7 Å². The van der Waals surface area contributed by atoms with Gasteiger partial charge in [-0.15, -0.1) is 18.3 Å². The summed E-state index contributed by atoms with van der Waals surface area (Å²) in [4.78, 5) is 0. The third-order valence-corrected chi connectivity index (χ3v) is 3.43. The standard InChI is InChI=1S/C17H9F5N4O2/c18-11-4-10(16-14(7-23)24-26-25-16)5-12(6-11)27-8-9-1-2-15(13(19)3-9)28-17(20,21)22/h1-6H,8H2,(H,24,25,26). The lowest BCUT2D eigenvalue weighted by molar-refractivity contribution is -0.275. The summed E-state index contributed by atoms with van der Waals surface area (Å²) in [5.74, 6) is -2.84. The number of hydrogen-bond donors (Lipinski definition) is 1. The molecule has 0 unspecified atom stereocenters. The van der Waals surface area contributed by atoms with Crippen LogP contribution in [0.1, 0.15) is 11.3 Å². The molecule has 0 atom stereocenters. The molecule has 0 spiro atoms. The maximum absolute atomic E-state index is 13.9. The van der Waals surface area contributed by atoms with Crippen molar-refractivity contribution in [3.8, 4) is 28.8 Å². The number of benzene rings is 2. The number of H-pyrrole nitrogens is 1. The van der Waals surface area contributed by atoms with Crippen molar-refractivity contribution < 1.29 is 31.4 Å². The first-order chi connectivity index (χ1) is 13.2. The average Bonchev–Trinajstić information content (AvgIpc) is 3.09. The van der Waals surface area contributed by atoms with Crippen LogP contribution in [-0.4, -0.2) is 21.8 Å². The molecule has 0 aliphatic heterocycles. The van der Waals surface area contributed by atoms with E-state index in [9.17, 15) is 22.0 Å². The van der Waals surface area contributed by atoms with Crippen LogP contribution in [0.4, 0.5) is 22.0 Å². The van der Waals surface area contributed by atoms with Gasteiger partial charge in [-0.3, -0.25) is 0 Å². The number of aromatic nitrogens is 3. The summed E-state index contributed by atoms with van der Waals surface area (Å²) in [5, 5.41) is 18.5. The molecule has 3 rings (SSSR count). The third kappa shape index (κ3) is 4.53. The molecule has 3 aromatic rings. The molecule has 0 saturated carbocycles. The van der Waals surface area contributed by atoms with Crippen molar-refractivity contribution in [1.82, 2.24) is 15.4 Å². The Bertz CT molecular complexity index is 1040. The summed E-state index contributed by atoms with van der Waals surface area (Å²) < 4.78 is 72.9. The van der Waals surface area contributed by atoms with Crippen LogP contribution in [0, 0.1) is 23.0 Å². The van der Waals surface area contributed by atoms with Gasteiger partial charge in [0.05, 0.1) is 0 Å². The Morgan fingerprint density at radius 2 is 1.89 bits per heavy atom. The zero-order valence-corrected chi connectivity index (χ0v) is 13.7. The van der Waals surface area contributed by atoms with E-state index in [1.807, 2.05) is 6.07 Å². The first-order valence-corrected chi connectivity index (χ1v) is 7.54. The number of rotatable bonds is 5. The first kappa shape index (κ1) is 19.1. The van der Waals surface area contributed by atoms with Gasteiger partial charge < -0.3 is 9.47 Å². The molecule has 11 heteroatoms. The van der Waals surface area contributed by atoms with Crippen LogP contribution in [0.5, 0.6) is 11.5 Å². The largest absolute Gasteiger partial charge is 0.573 e. The van der Waals surface area contributed by atoms with E-state index in [1.165, 1.54) is 12.1 Å². The van der Waals surface area contributed by atoms with Gasteiger partial charge in [0.25, 0.3) is 0 Å². The molecule has 0 amide bonds. The van der Waals surface area contributed by atoms with Crippen LogP contribution in [0.25, 0.3) is 11.3 Å². The molecule has 144 valence electrons. The molecule has 6 nitrogen and oxygen atoms in total. The topological polar surface area (TPSA) is 83.8 Å². The molecule has 0 aliphatic rings. The Labute approximate surface area is 154 Å². The van der Waals surface area contributed by atoms with E-state index in [2.05, 4.69) is 20.1 Å². The van der Waals surface area contributed by atoms with Crippen molar-refractivity contribution in [3.05, 3.63) is 59.3 Å². The summed E-state index contributed by atoms with van der Waals surface area (Å²) in [7, 11) is 0. The lowest BCUT2D eigenvalue weighted by atomic mass is 10.1. The Balaban J connectivity index is 1.76. The van der Waals surface area contributed by atoms with Crippen molar-refractivity contribution in [3.63, 3.8) is 0 Å². The molecule has 1 N–H and O–H groups in total. The monoisotopic (exact) mass is 396 g/mol. The minimum atomic E-state index is -5.01. The van der Waals surface area contributed by atoms with Gasteiger partial charge in [0.15, 0.2) is 17.3 Å². The highest BCUT2D eigenvalue weighted by Gasteiger charge is 2.32. The van der Waals surface area contributed by atoms with Crippen molar-refractivity contribution in [2.24, 2.45) is 0 Å².